The first-order chi connectivity index (χ1) is 9.74. The molecule has 0 bridgehead atoms. The molecule has 2 N–H and O–H groups in total. The number of carbonyl (C=O) groups excluding carboxylic acids is 1. The molecule has 1 aromatic carbocycles. The molecule has 0 spiro atoms. The molecule has 2 aromatic rings. The Kier molecular flexibility index (Phi) is 3.65. The molecule has 0 radical (unpaired) electrons. The maximum Gasteiger partial charge on any atom is 0.241 e. The first-order valence-corrected chi connectivity index (χ1v) is 7.13. The van der Waals surface area contributed by atoms with Crippen LogP contribution in [-0.2, 0) is 4.79 Å². The zero-order valence-electron chi connectivity index (χ0n) is 11.6. The molecule has 1 aliphatic rings. The number of anilines is 1. The zero-order valence-corrected chi connectivity index (χ0v) is 11.6. The number of benzene rings is 1. The second-order valence-corrected chi connectivity index (χ2v) is 5.45. The summed E-state index contributed by atoms with van der Waals surface area (Å²) in [5, 5.41) is 7.34. The Bertz CT molecular complexity index is 626. The number of hydrogen-bond donors (Lipinski definition) is 2. The van der Waals surface area contributed by atoms with Crippen LogP contribution in [0.3, 0.4) is 0 Å². The average molecular weight is 269 g/mol. The van der Waals surface area contributed by atoms with E-state index in [1.54, 1.807) is 6.20 Å². The van der Waals surface area contributed by atoms with Crippen LogP contribution in [0.4, 0.5) is 5.69 Å². The Morgan fingerprint density at radius 3 is 3.15 bits per heavy atom. The summed E-state index contributed by atoms with van der Waals surface area (Å²) in [6.07, 6.45) is 4.02. The van der Waals surface area contributed by atoms with Crippen molar-refractivity contribution in [3.05, 3.63) is 36.5 Å². The molecule has 1 fully saturated rings. The van der Waals surface area contributed by atoms with Gasteiger partial charge >= 0.3 is 0 Å². The summed E-state index contributed by atoms with van der Waals surface area (Å²) < 4.78 is 0. The molecule has 1 aliphatic heterocycles. The largest absolute Gasteiger partial charge is 0.325 e. The number of fused-ring (bicyclic) bond motifs is 1. The van der Waals surface area contributed by atoms with Crippen LogP contribution >= 0.6 is 0 Å². The Morgan fingerprint density at radius 2 is 2.30 bits per heavy atom. The standard InChI is InChI=1S/C16H19N3O/c1-11-4-2-9-18-15(11)16(20)19-13-6-7-14-12(10-13)5-3-8-17-14/h3,5-8,10-11,15,18H,2,4,9H2,1H3,(H,19,20). The number of aromatic nitrogens is 1. The van der Waals surface area contributed by atoms with E-state index in [-0.39, 0.29) is 11.9 Å². The minimum atomic E-state index is -0.0895. The number of nitrogens with one attached hydrogen (secondary N) is 2. The van der Waals surface area contributed by atoms with E-state index in [1.165, 1.54) is 0 Å². The van der Waals surface area contributed by atoms with Crippen molar-refractivity contribution in [2.75, 3.05) is 11.9 Å². The number of amides is 1. The highest BCUT2D eigenvalue weighted by Gasteiger charge is 2.27. The van der Waals surface area contributed by atoms with Gasteiger partial charge in [-0.05, 0) is 49.6 Å². The fourth-order valence-corrected chi connectivity index (χ4v) is 2.77. The number of piperidine rings is 1. The summed E-state index contributed by atoms with van der Waals surface area (Å²) in [6, 6.07) is 9.61. The van der Waals surface area contributed by atoms with Crippen molar-refractivity contribution >= 4 is 22.5 Å². The third-order valence-electron chi connectivity index (χ3n) is 3.92. The van der Waals surface area contributed by atoms with Crippen LogP contribution < -0.4 is 10.6 Å². The monoisotopic (exact) mass is 269 g/mol. The molecular weight excluding hydrogens is 250 g/mol. The molecule has 0 aliphatic carbocycles. The van der Waals surface area contributed by atoms with Crippen LogP contribution in [0.25, 0.3) is 10.9 Å². The SMILES string of the molecule is CC1CCCNC1C(=O)Nc1ccc2ncccc2c1. The number of rotatable bonds is 2. The van der Waals surface area contributed by atoms with E-state index in [0.717, 1.165) is 36.0 Å². The molecule has 0 saturated carbocycles. The molecule has 104 valence electrons. The number of pyridine rings is 1. The normalized spacial score (nSPS) is 22.6. The van der Waals surface area contributed by atoms with Gasteiger partial charge in [0.05, 0.1) is 11.6 Å². The van der Waals surface area contributed by atoms with E-state index in [4.69, 9.17) is 0 Å². The van der Waals surface area contributed by atoms with Crippen molar-refractivity contribution in [1.82, 2.24) is 10.3 Å². The van der Waals surface area contributed by atoms with Crippen LogP contribution in [0, 0.1) is 5.92 Å². The lowest BCUT2D eigenvalue weighted by Crippen LogP contribution is -2.48. The van der Waals surface area contributed by atoms with Gasteiger partial charge < -0.3 is 10.6 Å². The van der Waals surface area contributed by atoms with E-state index >= 15 is 0 Å². The van der Waals surface area contributed by atoms with Gasteiger partial charge in [-0.25, -0.2) is 0 Å². The summed E-state index contributed by atoms with van der Waals surface area (Å²) in [5.74, 6) is 0.436. The molecule has 4 nitrogen and oxygen atoms in total. The summed E-state index contributed by atoms with van der Waals surface area (Å²) in [4.78, 5) is 16.6. The predicted octanol–water partition coefficient (Wildman–Crippen LogP) is 2.56. The lowest BCUT2D eigenvalue weighted by atomic mass is 9.92. The second kappa shape index (κ2) is 5.59. The second-order valence-electron chi connectivity index (χ2n) is 5.45. The first kappa shape index (κ1) is 13.1. The van der Waals surface area contributed by atoms with Gasteiger partial charge in [-0.1, -0.05) is 13.0 Å². The van der Waals surface area contributed by atoms with Crippen molar-refractivity contribution in [2.24, 2.45) is 5.92 Å². The summed E-state index contributed by atoms with van der Waals surface area (Å²) >= 11 is 0. The number of hydrogen-bond acceptors (Lipinski definition) is 3. The average Bonchev–Trinajstić information content (AvgIpc) is 2.47. The van der Waals surface area contributed by atoms with Gasteiger partial charge in [0.1, 0.15) is 0 Å². The van der Waals surface area contributed by atoms with E-state index in [2.05, 4.69) is 22.5 Å². The van der Waals surface area contributed by atoms with Gasteiger partial charge in [-0.2, -0.15) is 0 Å². The maximum absolute atomic E-state index is 12.3. The minimum Gasteiger partial charge on any atom is -0.325 e. The lowest BCUT2D eigenvalue weighted by Gasteiger charge is -2.28. The predicted molar refractivity (Wildman–Crippen MR) is 80.6 cm³/mol. The smallest absolute Gasteiger partial charge is 0.241 e. The quantitative estimate of drug-likeness (QED) is 0.881. The van der Waals surface area contributed by atoms with Gasteiger partial charge in [0.25, 0.3) is 0 Å². The van der Waals surface area contributed by atoms with Crippen LogP contribution in [-0.4, -0.2) is 23.5 Å². The summed E-state index contributed by atoms with van der Waals surface area (Å²) in [7, 11) is 0. The highest BCUT2D eigenvalue weighted by Crippen LogP contribution is 2.20. The molecule has 1 amide bonds. The van der Waals surface area contributed by atoms with Gasteiger partial charge in [0.15, 0.2) is 0 Å². The third kappa shape index (κ3) is 2.65. The third-order valence-corrected chi connectivity index (χ3v) is 3.92. The summed E-state index contributed by atoms with van der Waals surface area (Å²) in [6.45, 7) is 3.05. The fourth-order valence-electron chi connectivity index (χ4n) is 2.77. The van der Waals surface area contributed by atoms with Gasteiger partial charge in [-0.15, -0.1) is 0 Å². The Hall–Kier alpha value is -1.94. The zero-order chi connectivity index (χ0) is 13.9. The van der Waals surface area contributed by atoms with Crippen LogP contribution in [0.5, 0.6) is 0 Å². The van der Waals surface area contributed by atoms with Crippen LogP contribution in [0.15, 0.2) is 36.5 Å². The molecule has 3 rings (SSSR count). The molecule has 1 saturated heterocycles. The molecule has 2 atom stereocenters. The highest BCUT2D eigenvalue weighted by atomic mass is 16.2. The first-order valence-electron chi connectivity index (χ1n) is 7.13. The highest BCUT2D eigenvalue weighted by molar-refractivity contribution is 5.97. The summed E-state index contributed by atoms with van der Waals surface area (Å²) in [5.41, 5.74) is 1.77. The number of carbonyl (C=O) groups is 1. The van der Waals surface area contributed by atoms with E-state index in [0.29, 0.717) is 5.92 Å². The van der Waals surface area contributed by atoms with Crippen molar-refractivity contribution in [3.8, 4) is 0 Å². The van der Waals surface area contributed by atoms with Gasteiger partial charge in [0, 0.05) is 17.3 Å². The van der Waals surface area contributed by atoms with Crippen molar-refractivity contribution in [2.45, 2.75) is 25.8 Å². The Labute approximate surface area is 118 Å². The van der Waals surface area contributed by atoms with E-state index < -0.39 is 0 Å². The van der Waals surface area contributed by atoms with Crippen molar-refractivity contribution in [1.29, 1.82) is 0 Å². The molecule has 2 unspecified atom stereocenters. The van der Waals surface area contributed by atoms with Crippen LogP contribution in [0.1, 0.15) is 19.8 Å². The molecular formula is C16H19N3O. The van der Waals surface area contributed by atoms with E-state index in [9.17, 15) is 4.79 Å². The van der Waals surface area contributed by atoms with Gasteiger partial charge in [0.2, 0.25) is 5.91 Å². The van der Waals surface area contributed by atoms with E-state index in [1.807, 2.05) is 30.3 Å². The molecule has 1 aromatic heterocycles. The Morgan fingerprint density at radius 1 is 1.40 bits per heavy atom. The number of nitrogens with zero attached hydrogens (tertiary/aromatic N) is 1. The lowest BCUT2D eigenvalue weighted by molar-refractivity contribution is -0.119. The minimum absolute atomic E-state index is 0.0560. The molecule has 4 heteroatoms. The molecule has 20 heavy (non-hydrogen) atoms. The Balaban J connectivity index is 1.76. The van der Waals surface area contributed by atoms with Crippen molar-refractivity contribution < 1.29 is 4.79 Å². The van der Waals surface area contributed by atoms with Gasteiger partial charge in [-0.3, -0.25) is 9.78 Å². The molecule has 2 heterocycles. The van der Waals surface area contributed by atoms with Crippen LogP contribution in [0.2, 0.25) is 0 Å². The van der Waals surface area contributed by atoms with Crippen molar-refractivity contribution in [3.63, 3.8) is 0 Å². The topological polar surface area (TPSA) is 54.0 Å². The maximum atomic E-state index is 12.3. The fraction of sp³-hybridized carbons (Fsp3) is 0.375.